The van der Waals surface area contributed by atoms with Gasteiger partial charge in [0.15, 0.2) is 21.8 Å². The van der Waals surface area contributed by atoms with Crippen molar-refractivity contribution in [1.29, 1.82) is 0 Å². The first kappa shape index (κ1) is 31.1. The highest BCUT2D eigenvalue weighted by Gasteiger charge is 2.53. The number of nitrogens with zero attached hydrogens (tertiary/aromatic N) is 1. The fourth-order valence-electron chi connectivity index (χ4n) is 5.37. The van der Waals surface area contributed by atoms with Crippen molar-refractivity contribution < 1.29 is 45.0 Å². The highest BCUT2D eigenvalue weighted by atomic mass is 32.2. The van der Waals surface area contributed by atoms with Crippen LogP contribution in [0.1, 0.15) is 47.8 Å². The zero-order valence-corrected chi connectivity index (χ0v) is 24.5. The van der Waals surface area contributed by atoms with Crippen LogP contribution in [0.3, 0.4) is 0 Å². The number of carbonyl (C=O) groups excluding carboxylic acids is 1. The second kappa shape index (κ2) is 11.5. The first-order valence-corrected chi connectivity index (χ1v) is 14.4. The van der Waals surface area contributed by atoms with Crippen LogP contribution in [0.4, 0.5) is 13.2 Å². The average Bonchev–Trinajstić information content (AvgIpc) is 3.36. The van der Waals surface area contributed by atoms with Crippen molar-refractivity contribution in [3.05, 3.63) is 101 Å². The minimum absolute atomic E-state index is 0.145. The van der Waals surface area contributed by atoms with Gasteiger partial charge in [0.25, 0.3) is 0 Å². The van der Waals surface area contributed by atoms with E-state index in [0.29, 0.717) is 12.2 Å². The van der Waals surface area contributed by atoms with Gasteiger partial charge in [-0.1, -0.05) is 48.5 Å². The Morgan fingerprint density at radius 3 is 2.05 bits per heavy atom. The largest absolute Gasteiger partial charge is 0.741 e. The van der Waals surface area contributed by atoms with Crippen molar-refractivity contribution in [2.45, 2.75) is 37.9 Å². The van der Waals surface area contributed by atoms with Crippen LogP contribution < -0.4 is 0 Å². The topological polar surface area (TPSA) is 95.7 Å². The highest BCUT2D eigenvalue weighted by Crippen LogP contribution is 2.49. The quantitative estimate of drug-likeness (QED) is 0.130. The molecule has 0 saturated heterocycles. The number of likely N-dealkylation sites (N-methyl/N-ethyl adjacent to an activating group) is 1. The molecule has 0 radical (unpaired) electrons. The lowest BCUT2D eigenvalue weighted by molar-refractivity contribution is -0.575. The normalized spacial score (nSPS) is 19.1. The third kappa shape index (κ3) is 5.51. The second-order valence-electron chi connectivity index (χ2n) is 10.2. The highest BCUT2D eigenvalue weighted by molar-refractivity contribution is 7.86. The SMILES string of the molecule is CCOC1/C(=C2/c3ccccc3-c3ccc(C(=O)OC)cc32)C(c2ccccc2)=[N+](C)C1(C)C.O=S(=O)([O-])C(F)(F)F. The predicted molar refractivity (Wildman–Crippen MR) is 151 cm³/mol. The molecule has 0 amide bonds. The van der Waals surface area contributed by atoms with Crippen LogP contribution in [0.5, 0.6) is 0 Å². The molecule has 222 valence electrons. The Kier molecular flexibility index (Phi) is 8.50. The van der Waals surface area contributed by atoms with Gasteiger partial charge in [0.1, 0.15) is 7.05 Å². The number of methoxy groups -OCH3 is 1. The molecular weight excluding hydrogens is 571 g/mol. The fraction of sp³-hybridized carbons (Fsp3) is 0.290. The third-order valence-electron chi connectivity index (χ3n) is 7.49. The van der Waals surface area contributed by atoms with Crippen LogP contribution in [0.25, 0.3) is 16.7 Å². The lowest BCUT2D eigenvalue weighted by Crippen LogP contribution is -2.42. The molecule has 2 aliphatic rings. The Labute approximate surface area is 242 Å². The van der Waals surface area contributed by atoms with E-state index in [-0.39, 0.29) is 17.6 Å². The molecule has 1 atom stereocenters. The Morgan fingerprint density at radius 1 is 0.952 bits per heavy atom. The number of rotatable bonds is 4. The maximum atomic E-state index is 12.4. The first-order valence-electron chi connectivity index (χ1n) is 13.0. The molecular formula is C31H30F3NO6S. The summed E-state index contributed by atoms with van der Waals surface area (Å²) in [5, 5.41) is 0. The summed E-state index contributed by atoms with van der Waals surface area (Å²) < 4.78 is 72.8. The van der Waals surface area contributed by atoms with Crippen LogP contribution in [0.2, 0.25) is 0 Å². The van der Waals surface area contributed by atoms with Gasteiger partial charge in [0, 0.05) is 31.6 Å². The van der Waals surface area contributed by atoms with Crippen LogP contribution in [-0.2, 0) is 19.6 Å². The van der Waals surface area contributed by atoms with Crippen LogP contribution in [0, 0.1) is 0 Å². The van der Waals surface area contributed by atoms with Gasteiger partial charge in [-0.15, -0.1) is 0 Å². The minimum atomic E-state index is -6.09. The van der Waals surface area contributed by atoms with Gasteiger partial charge in [-0.3, -0.25) is 0 Å². The number of hydrogen-bond acceptors (Lipinski definition) is 6. The van der Waals surface area contributed by atoms with Crippen molar-refractivity contribution in [3.63, 3.8) is 0 Å². The summed E-state index contributed by atoms with van der Waals surface area (Å²) in [5.74, 6) is -0.333. The van der Waals surface area contributed by atoms with E-state index in [2.05, 4.69) is 74.0 Å². The van der Waals surface area contributed by atoms with E-state index in [1.165, 1.54) is 18.2 Å². The third-order valence-corrected chi connectivity index (χ3v) is 8.06. The van der Waals surface area contributed by atoms with E-state index in [1.54, 1.807) is 0 Å². The van der Waals surface area contributed by atoms with Gasteiger partial charge in [-0.05, 0) is 53.4 Å². The molecule has 11 heteroatoms. The molecule has 0 fully saturated rings. The summed E-state index contributed by atoms with van der Waals surface area (Å²) in [5.41, 5.74) is 3.75. The molecule has 3 aromatic rings. The van der Waals surface area contributed by atoms with Crippen LogP contribution in [-0.4, -0.2) is 67.1 Å². The summed E-state index contributed by atoms with van der Waals surface area (Å²) in [4.78, 5) is 12.4. The molecule has 1 aliphatic heterocycles. The monoisotopic (exact) mass is 601 g/mol. The van der Waals surface area contributed by atoms with Crippen molar-refractivity contribution in [3.8, 4) is 11.1 Å². The average molecular weight is 602 g/mol. The van der Waals surface area contributed by atoms with Crippen LogP contribution >= 0.6 is 0 Å². The molecule has 0 bridgehead atoms. The summed E-state index contributed by atoms with van der Waals surface area (Å²) in [6.07, 6.45) is -0.145. The summed E-state index contributed by atoms with van der Waals surface area (Å²) >= 11 is 0. The zero-order valence-electron chi connectivity index (χ0n) is 23.7. The lowest BCUT2D eigenvalue weighted by atomic mass is 9.85. The Balaban J connectivity index is 0.000000446. The number of hydrogen-bond donors (Lipinski definition) is 0. The fourth-order valence-corrected chi connectivity index (χ4v) is 5.37. The first-order chi connectivity index (χ1) is 19.6. The summed E-state index contributed by atoms with van der Waals surface area (Å²) in [6, 6.07) is 24.8. The molecule has 0 saturated carbocycles. The van der Waals surface area contributed by atoms with Gasteiger partial charge in [0.05, 0.1) is 18.2 Å². The molecule has 0 aromatic heterocycles. The number of fused-ring (bicyclic) bond motifs is 3. The molecule has 1 unspecified atom stereocenters. The number of carbonyl (C=O) groups is 1. The molecule has 0 spiro atoms. The van der Waals surface area contributed by atoms with Gasteiger partial charge in [-0.2, -0.15) is 13.2 Å². The number of esters is 1. The minimum Gasteiger partial charge on any atom is -0.741 e. The Hall–Kier alpha value is -3.80. The van der Waals surface area contributed by atoms with Gasteiger partial charge in [0.2, 0.25) is 5.71 Å². The van der Waals surface area contributed by atoms with Crippen molar-refractivity contribution in [1.82, 2.24) is 0 Å². The van der Waals surface area contributed by atoms with Gasteiger partial charge in [-0.25, -0.2) is 17.8 Å². The molecule has 3 aromatic carbocycles. The lowest BCUT2D eigenvalue weighted by Gasteiger charge is -2.24. The van der Waals surface area contributed by atoms with E-state index in [1.807, 2.05) is 31.2 Å². The van der Waals surface area contributed by atoms with E-state index in [0.717, 1.165) is 33.5 Å². The Morgan fingerprint density at radius 2 is 1.50 bits per heavy atom. The predicted octanol–water partition coefficient (Wildman–Crippen LogP) is 5.64. The second-order valence-corrected chi connectivity index (χ2v) is 11.6. The van der Waals surface area contributed by atoms with E-state index in [4.69, 9.17) is 22.4 Å². The molecule has 7 nitrogen and oxygen atoms in total. The Bertz CT molecular complexity index is 1690. The van der Waals surface area contributed by atoms with E-state index >= 15 is 0 Å². The molecule has 1 heterocycles. The number of alkyl halides is 3. The smallest absolute Gasteiger partial charge is 0.485 e. The molecule has 0 N–H and O–H groups in total. The van der Waals surface area contributed by atoms with Gasteiger partial charge < -0.3 is 14.0 Å². The van der Waals surface area contributed by atoms with E-state index < -0.39 is 15.6 Å². The summed E-state index contributed by atoms with van der Waals surface area (Å²) in [6.45, 7) is 7.12. The van der Waals surface area contributed by atoms with Crippen molar-refractivity contribution >= 4 is 27.4 Å². The van der Waals surface area contributed by atoms with Gasteiger partial charge >= 0.3 is 11.5 Å². The maximum absolute atomic E-state index is 12.4. The maximum Gasteiger partial charge on any atom is 0.485 e. The number of benzene rings is 3. The van der Waals surface area contributed by atoms with Crippen LogP contribution in [0.15, 0.2) is 78.4 Å². The molecule has 1 aliphatic carbocycles. The number of halogens is 3. The molecule has 5 rings (SSSR count). The summed E-state index contributed by atoms with van der Waals surface area (Å²) in [7, 11) is -2.52. The van der Waals surface area contributed by atoms with E-state index in [9.17, 15) is 18.0 Å². The number of ether oxygens (including phenoxy) is 2. The van der Waals surface area contributed by atoms with Crippen molar-refractivity contribution in [2.75, 3.05) is 20.8 Å². The standard InChI is InChI=1S/C30H30NO3.CHF3O3S/c1-6-34-28-26(27(31(4)30(28,2)3)19-12-8-7-9-13-19)25-23-15-11-10-14-21(23)22-17-16-20(18-24(22)25)29(32)33-5;2-1(3,4)8(5,6)7/h7-18,28H,6H2,1-5H3;(H,5,6,7)/q+1;/p-1/b26-25-;. The zero-order chi connectivity index (χ0) is 31.0. The molecule has 42 heavy (non-hydrogen) atoms. The van der Waals surface area contributed by atoms with Crippen molar-refractivity contribution in [2.24, 2.45) is 0 Å².